The number of ether oxygens (including phenoxy) is 1. The molecule has 0 spiro atoms. The summed E-state index contributed by atoms with van der Waals surface area (Å²) in [6.45, 7) is 4.70. The number of hydrogen-bond acceptors (Lipinski definition) is 2. The van der Waals surface area contributed by atoms with Crippen molar-refractivity contribution in [2.24, 2.45) is 0 Å². The lowest BCUT2D eigenvalue weighted by Gasteiger charge is -2.08. The maximum atomic E-state index is 5.77. The van der Waals surface area contributed by atoms with Crippen LogP contribution in [0, 0.1) is 0 Å². The average Bonchev–Trinajstić information content (AvgIpc) is 2.87. The Morgan fingerprint density at radius 3 is 2.74 bits per heavy atom. The van der Waals surface area contributed by atoms with Crippen molar-refractivity contribution in [3.8, 4) is 5.75 Å². The van der Waals surface area contributed by atoms with Gasteiger partial charge in [-0.25, -0.2) is 0 Å². The van der Waals surface area contributed by atoms with Crippen molar-refractivity contribution in [3.05, 3.63) is 46.2 Å². The molecule has 3 nitrogen and oxygen atoms in total. The first kappa shape index (κ1) is 14.6. The Labute approximate surface area is 130 Å². The number of nitrogens with zero attached hydrogens (tertiary/aromatic N) is 2. The summed E-state index contributed by atoms with van der Waals surface area (Å²) in [6, 6.07) is 8.35. The van der Waals surface area contributed by atoms with Crippen molar-refractivity contribution in [3.63, 3.8) is 0 Å². The SMILES string of the molecule is CC(C)n1ccc(COc2ccc(Br)c(CBr)c2)n1. The second-order valence-electron chi connectivity index (χ2n) is 4.56. The van der Waals surface area contributed by atoms with Gasteiger partial charge in [-0.15, -0.1) is 0 Å². The third kappa shape index (κ3) is 3.83. The monoisotopic (exact) mass is 386 g/mol. The highest BCUT2D eigenvalue weighted by molar-refractivity contribution is 9.10. The van der Waals surface area contributed by atoms with Gasteiger partial charge < -0.3 is 4.74 Å². The largest absolute Gasteiger partial charge is 0.487 e. The van der Waals surface area contributed by atoms with Crippen LogP contribution in [-0.2, 0) is 11.9 Å². The maximum Gasteiger partial charge on any atom is 0.132 e. The molecule has 0 amide bonds. The lowest BCUT2D eigenvalue weighted by atomic mass is 10.2. The fourth-order valence-corrected chi connectivity index (χ4v) is 2.87. The summed E-state index contributed by atoms with van der Waals surface area (Å²) >= 11 is 6.96. The molecule has 1 heterocycles. The van der Waals surface area contributed by atoms with Crippen molar-refractivity contribution in [1.29, 1.82) is 0 Å². The Hall–Kier alpha value is -0.810. The van der Waals surface area contributed by atoms with E-state index in [1.807, 2.05) is 35.1 Å². The second kappa shape index (κ2) is 6.57. The van der Waals surface area contributed by atoms with Gasteiger partial charge in [0.15, 0.2) is 0 Å². The number of rotatable bonds is 5. The normalized spacial score (nSPS) is 11.0. The quantitative estimate of drug-likeness (QED) is 0.695. The number of aromatic nitrogens is 2. The fraction of sp³-hybridized carbons (Fsp3) is 0.357. The van der Waals surface area contributed by atoms with Gasteiger partial charge in [0.2, 0.25) is 0 Å². The van der Waals surface area contributed by atoms with Crippen LogP contribution in [0.15, 0.2) is 34.9 Å². The first-order valence-electron chi connectivity index (χ1n) is 6.11. The molecule has 1 aromatic heterocycles. The van der Waals surface area contributed by atoms with Gasteiger partial charge >= 0.3 is 0 Å². The van der Waals surface area contributed by atoms with Crippen LogP contribution >= 0.6 is 31.9 Å². The topological polar surface area (TPSA) is 27.1 Å². The van der Waals surface area contributed by atoms with Crippen molar-refractivity contribution in [1.82, 2.24) is 9.78 Å². The molecule has 0 saturated carbocycles. The highest BCUT2D eigenvalue weighted by Gasteiger charge is 2.05. The van der Waals surface area contributed by atoms with Gasteiger partial charge in [-0.1, -0.05) is 31.9 Å². The molecule has 5 heteroatoms. The molecule has 0 bridgehead atoms. The van der Waals surface area contributed by atoms with Gasteiger partial charge in [0.25, 0.3) is 0 Å². The molecule has 0 fully saturated rings. The van der Waals surface area contributed by atoms with Gasteiger partial charge in [0, 0.05) is 22.0 Å². The third-order valence-corrected chi connectivity index (χ3v) is 4.12. The van der Waals surface area contributed by atoms with E-state index in [2.05, 4.69) is 50.8 Å². The molecular formula is C14H16Br2N2O. The molecule has 0 aliphatic rings. The molecule has 0 aliphatic heterocycles. The van der Waals surface area contributed by atoms with E-state index in [1.54, 1.807) is 0 Å². The summed E-state index contributed by atoms with van der Waals surface area (Å²) < 4.78 is 8.78. The van der Waals surface area contributed by atoms with E-state index in [4.69, 9.17) is 4.74 Å². The fourth-order valence-electron chi connectivity index (χ4n) is 1.64. The van der Waals surface area contributed by atoms with Crippen LogP contribution < -0.4 is 4.74 Å². The minimum Gasteiger partial charge on any atom is -0.487 e. The molecule has 19 heavy (non-hydrogen) atoms. The molecule has 0 aliphatic carbocycles. The predicted molar refractivity (Wildman–Crippen MR) is 83.7 cm³/mol. The van der Waals surface area contributed by atoms with Gasteiger partial charge in [-0.2, -0.15) is 5.10 Å². The van der Waals surface area contributed by atoms with E-state index < -0.39 is 0 Å². The van der Waals surface area contributed by atoms with E-state index in [-0.39, 0.29) is 0 Å². The summed E-state index contributed by atoms with van der Waals surface area (Å²) in [4.78, 5) is 0. The van der Waals surface area contributed by atoms with Gasteiger partial charge in [-0.05, 0) is 43.7 Å². The Kier molecular flexibility index (Phi) is 5.05. The molecule has 2 rings (SSSR count). The number of alkyl halides is 1. The van der Waals surface area contributed by atoms with Crippen molar-refractivity contribution < 1.29 is 4.74 Å². The maximum absolute atomic E-state index is 5.77. The molecule has 0 N–H and O–H groups in total. The molecule has 2 aromatic rings. The van der Waals surface area contributed by atoms with Gasteiger partial charge in [0.05, 0.1) is 5.69 Å². The summed E-state index contributed by atoms with van der Waals surface area (Å²) in [5, 5.41) is 5.26. The highest BCUT2D eigenvalue weighted by atomic mass is 79.9. The Morgan fingerprint density at radius 2 is 2.11 bits per heavy atom. The summed E-state index contributed by atoms with van der Waals surface area (Å²) in [5.74, 6) is 0.858. The predicted octanol–water partition coefficient (Wildman–Crippen LogP) is 4.70. The molecule has 0 unspecified atom stereocenters. The van der Waals surface area contributed by atoms with Crippen LogP contribution in [0.2, 0.25) is 0 Å². The van der Waals surface area contributed by atoms with E-state index in [9.17, 15) is 0 Å². The highest BCUT2D eigenvalue weighted by Crippen LogP contribution is 2.25. The first-order valence-corrected chi connectivity index (χ1v) is 8.03. The molecule has 1 aromatic carbocycles. The summed E-state index contributed by atoms with van der Waals surface area (Å²) in [6.07, 6.45) is 1.98. The van der Waals surface area contributed by atoms with E-state index in [1.165, 1.54) is 5.56 Å². The molecule has 0 atom stereocenters. The van der Waals surface area contributed by atoms with Crippen LogP contribution in [0.1, 0.15) is 31.1 Å². The molecule has 0 radical (unpaired) electrons. The van der Waals surface area contributed by atoms with E-state index in [0.29, 0.717) is 12.6 Å². The average molecular weight is 388 g/mol. The van der Waals surface area contributed by atoms with Crippen LogP contribution in [-0.4, -0.2) is 9.78 Å². The van der Waals surface area contributed by atoms with E-state index in [0.717, 1.165) is 21.2 Å². The molecule has 0 saturated heterocycles. The standard InChI is InChI=1S/C14H16Br2N2O/c1-10(2)18-6-5-12(17-18)9-19-13-3-4-14(16)11(7-13)8-15/h3-7,10H,8-9H2,1-2H3. The van der Waals surface area contributed by atoms with Crippen molar-refractivity contribution in [2.75, 3.05) is 0 Å². The Morgan fingerprint density at radius 1 is 1.32 bits per heavy atom. The van der Waals surface area contributed by atoms with Crippen LogP contribution in [0.3, 0.4) is 0 Å². The van der Waals surface area contributed by atoms with Crippen LogP contribution in [0.4, 0.5) is 0 Å². The van der Waals surface area contributed by atoms with Crippen LogP contribution in [0.5, 0.6) is 5.75 Å². The van der Waals surface area contributed by atoms with Gasteiger partial charge in [-0.3, -0.25) is 4.68 Å². The zero-order valence-corrected chi connectivity index (χ0v) is 14.1. The molecule has 102 valence electrons. The van der Waals surface area contributed by atoms with Gasteiger partial charge in [0.1, 0.15) is 12.4 Å². The lowest BCUT2D eigenvalue weighted by molar-refractivity contribution is 0.298. The third-order valence-electron chi connectivity index (χ3n) is 2.74. The smallest absolute Gasteiger partial charge is 0.132 e. The number of halogens is 2. The van der Waals surface area contributed by atoms with Crippen molar-refractivity contribution in [2.45, 2.75) is 31.8 Å². The van der Waals surface area contributed by atoms with Crippen molar-refractivity contribution >= 4 is 31.9 Å². The Balaban J connectivity index is 2.01. The summed E-state index contributed by atoms with van der Waals surface area (Å²) in [5.41, 5.74) is 2.11. The minimum absolute atomic E-state index is 0.376. The summed E-state index contributed by atoms with van der Waals surface area (Å²) in [7, 11) is 0. The number of benzene rings is 1. The zero-order chi connectivity index (χ0) is 13.8. The zero-order valence-electron chi connectivity index (χ0n) is 10.9. The number of hydrogen-bond donors (Lipinski definition) is 0. The Bertz CT molecular complexity index is 552. The lowest BCUT2D eigenvalue weighted by Crippen LogP contribution is -2.03. The second-order valence-corrected chi connectivity index (χ2v) is 5.97. The van der Waals surface area contributed by atoms with E-state index >= 15 is 0 Å². The first-order chi connectivity index (χ1) is 9.10. The minimum atomic E-state index is 0.376. The van der Waals surface area contributed by atoms with Crippen LogP contribution in [0.25, 0.3) is 0 Å². The molecular weight excluding hydrogens is 372 g/mol.